The molecule has 0 aromatic heterocycles. The molecule has 0 fully saturated rings. The molecule has 6 heteroatoms. The van der Waals surface area contributed by atoms with Crippen LogP contribution in [-0.2, 0) is 11.3 Å². The molecule has 114 valence electrons. The van der Waals surface area contributed by atoms with E-state index in [0.717, 1.165) is 5.56 Å². The van der Waals surface area contributed by atoms with Crippen molar-refractivity contribution in [2.24, 2.45) is 0 Å². The zero-order valence-corrected chi connectivity index (χ0v) is 13.3. The summed E-state index contributed by atoms with van der Waals surface area (Å²) in [6, 6.07) is 7.15. The topological polar surface area (TPSA) is 74.2 Å². The summed E-state index contributed by atoms with van der Waals surface area (Å²) in [4.78, 5) is 11.5. The normalized spacial score (nSPS) is 10.8. The molecule has 0 aliphatic carbocycles. The van der Waals surface area contributed by atoms with Gasteiger partial charge in [-0.1, -0.05) is 17.7 Å². The molecular formula is C15H20ClN3O2. The van der Waals surface area contributed by atoms with Crippen molar-refractivity contribution in [2.75, 3.05) is 13.2 Å². The van der Waals surface area contributed by atoms with Gasteiger partial charge in [0.2, 0.25) is 0 Å². The number of hydrogen-bond donors (Lipinski definition) is 2. The van der Waals surface area contributed by atoms with Crippen molar-refractivity contribution in [1.29, 1.82) is 5.26 Å². The van der Waals surface area contributed by atoms with Gasteiger partial charge in [0.25, 0.3) is 5.91 Å². The van der Waals surface area contributed by atoms with Crippen LogP contribution in [0.2, 0.25) is 5.02 Å². The molecule has 1 aromatic carbocycles. The molecule has 1 aromatic rings. The minimum absolute atomic E-state index is 0.0316. The first-order valence-electron chi connectivity index (χ1n) is 6.62. The number of nitriles is 1. The number of carbonyl (C=O) groups excluding carboxylic acids is 1. The number of nitrogens with one attached hydrogen (secondary N) is 2. The van der Waals surface area contributed by atoms with Crippen LogP contribution in [0, 0.1) is 11.3 Å². The highest BCUT2D eigenvalue weighted by Gasteiger charge is 2.14. The van der Waals surface area contributed by atoms with E-state index in [2.05, 4.69) is 31.4 Å². The van der Waals surface area contributed by atoms with Gasteiger partial charge < -0.3 is 15.4 Å². The Hall–Kier alpha value is -1.77. The molecule has 21 heavy (non-hydrogen) atoms. The molecule has 0 aliphatic heterocycles. The minimum Gasteiger partial charge on any atom is -0.483 e. The number of halogens is 1. The van der Waals surface area contributed by atoms with E-state index >= 15 is 0 Å². The zero-order valence-electron chi connectivity index (χ0n) is 12.5. The van der Waals surface area contributed by atoms with Crippen molar-refractivity contribution in [3.63, 3.8) is 0 Å². The second-order valence-electron chi connectivity index (χ2n) is 5.54. The van der Waals surface area contributed by atoms with Gasteiger partial charge in [0.15, 0.2) is 6.61 Å². The molecule has 2 N–H and O–H groups in total. The number of benzene rings is 1. The van der Waals surface area contributed by atoms with Crippen LogP contribution in [0.15, 0.2) is 18.2 Å². The van der Waals surface area contributed by atoms with Gasteiger partial charge in [0, 0.05) is 22.7 Å². The number of carbonyl (C=O) groups is 1. The van der Waals surface area contributed by atoms with Crippen molar-refractivity contribution in [1.82, 2.24) is 10.6 Å². The first-order chi connectivity index (χ1) is 9.83. The van der Waals surface area contributed by atoms with Gasteiger partial charge in [0.05, 0.1) is 6.07 Å². The van der Waals surface area contributed by atoms with Gasteiger partial charge in [-0.3, -0.25) is 4.79 Å². The molecule has 0 atom stereocenters. The molecule has 0 radical (unpaired) electrons. The first-order valence-corrected chi connectivity index (χ1v) is 7.00. The predicted molar refractivity (Wildman–Crippen MR) is 82.2 cm³/mol. The molecular weight excluding hydrogens is 290 g/mol. The van der Waals surface area contributed by atoms with Gasteiger partial charge in [-0.2, -0.15) is 5.26 Å². The maximum atomic E-state index is 11.5. The molecule has 1 amide bonds. The summed E-state index contributed by atoms with van der Waals surface area (Å²) in [5.41, 5.74) is 0.753. The quantitative estimate of drug-likeness (QED) is 0.790. The number of nitrogens with zero attached hydrogens (tertiary/aromatic N) is 1. The Labute approximate surface area is 130 Å². The number of hydrogen-bond acceptors (Lipinski definition) is 4. The lowest BCUT2D eigenvalue weighted by Gasteiger charge is -2.22. The van der Waals surface area contributed by atoms with Crippen molar-refractivity contribution < 1.29 is 9.53 Å². The molecule has 5 nitrogen and oxygen atoms in total. The highest BCUT2D eigenvalue weighted by molar-refractivity contribution is 6.31. The summed E-state index contributed by atoms with van der Waals surface area (Å²) < 4.78 is 5.50. The number of rotatable bonds is 6. The summed E-state index contributed by atoms with van der Waals surface area (Å²) in [6.45, 7) is 6.53. The van der Waals surface area contributed by atoms with Crippen molar-refractivity contribution in [3.8, 4) is 11.8 Å². The van der Waals surface area contributed by atoms with Crippen LogP contribution in [0.5, 0.6) is 5.75 Å². The Morgan fingerprint density at radius 2 is 2.14 bits per heavy atom. The third-order valence-corrected chi connectivity index (χ3v) is 2.95. The van der Waals surface area contributed by atoms with Gasteiger partial charge in [-0.25, -0.2) is 0 Å². The highest BCUT2D eigenvalue weighted by atomic mass is 35.5. The predicted octanol–water partition coefficient (Wildman–Crippen LogP) is 2.25. The van der Waals surface area contributed by atoms with E-state index in [9.17, 15) is 4.79 Å². The second-order valence-corrected chi connectivity index (χ2v) is 5.95. The maximum Gasteiger partial charge on any atom is 0.258 e. The molecule has 0 saturated carbocycles. The average Bonchev–Trinajstić information content (AvgIpc) is 2.40. The Morgan fingerprint density at radius 1 is 1.43 bits per heavy atom. The van der Waals surface area contributed by atoms with Crippen molar-refractivity contribution in [3.05, 3.63) is 28.8 Å². The van der Waals surface area contributed by atoms with Crippen LogP contribution in [0.1, 0.15) is 26.3 Å². The fourth-order valence-electron chi connectivity index (χ4n) is 1.53. The summed E-state index contributed by atoms with van der Waals surface area (Å²) in [5, 5.41) is 14.7. The third-order valence-electron chi connectivity index (χ3n) is 2.59. The van der Waals surface area contributed by atoms with Crippen LogP contribution in [0.4, 0.5) is 0 Å². The van der Waals surface area contributed by atoms with Crippen LogP contribution in [0.3, 0.4) is 0 Å². The van der Waals surface area contributed by atoms with Gasteiger partial charge in [-0.05, 0) is 32.9 Å². The monoisotopic (exact) mass is 309 g/mol. The van der Waals surface area contributed by atoms with Crippen LogP contribution in [0.25, 0.3) is 0 Å². The lowest BCUT2D eigenvalue weighted by molar-refractivity contribution is -0.122. The van der Waals surface area contributed by atoms with E-state index in [-0.39, 0.29) is 24.6 Å². The van der Waals surface area contributed by atoms with Crippen LogP contribution >= 0.6 is 11.6 Å². The summed E-state index contributed by atoms with van der Waals surface area (Å²) in [5.74, 6) is 0.220. The molecule has 0 saturated heterocycles. The van der Waals surface area contributed by atoms with Crippen molar-refractivity contribution >= 4 is 17.5 Å². The zero-order chi connectivity index (χ0) is 15.9. The van der Waals surface area contributed by atoms with E-state index in [1.807, 2.05) is 6.07 Å². The third kappa shape index (κ3) is 6.48. The molecule has 0 heterocycles. The smallest absolute Gasteiger partial charge is 0.258 e. The average molecular weight is 310 g/mol. The Morgan fingerprint density at radius 3 is 2.76 bits per heavy atom. The summed E-state index contributed by atoms with van der Waals surface area (Å²) >= 11 is 6.19. The number of amides is 1. The fourth-order valence-corrected chi connectivity index (χ4v) is 1.76. The molecule has 0 bridgehead atoms. The van der Waals surface area contributed by atoms with Gasteiger partial charge in [0.1, 0.15) is 12.3 Å². The molecule has 0 aliphatic rings. The summed E-state index contributed by atoms with van der Waals surface area (Å²) in [6.07, 6.45) is 0. The SMILES string of the molecule is CC(C)(C)NCc1c(Cl)cccc1OCC(=O)NCC#N. The fraction of sp³-hybridized carbons (Fsp3) is 0.467. The molecule has 0 unspecified atom stereocenters. The van der Waals surface area contributed by atoms with E-state index in [1.54, 1.807) is 18.2 Å². The van der Waals surface area contributed by atoms with E-state index in [1.165, 1.54) is 0 Å². The standard InChI is InChI=1S/C15H20ClN3O2/c1-15(2,3)19-9-11-12(16)5-4-6-13(11)21-10-14(20)18-8-7-17/h4-6,19H,8-10H2,1-3H3,(H,18,20). The minimum atomic E-state index is -0.341. The van der Waals surface area contributed by atoms with Crippen LogP contribution < -0.4 is 15.4 Å². The number of ether oxygens (including phenoxy) is 1. The van der Waals surface area contributed by atoms with Gasteiger partial charge in [-0.15, -0.1) is 0 Å². The lowest BCUT2D eigenvalue weighted by atomic mass is 10.1. The van der Waals surface area contributed by atoms with E-state index in [0.29, 0.717) is 17.3 Å². The maximum absolute atomic E-state index is 11.5. The lowest BCUT2D eigenvalue weighted by Crippen LogP contribution is -2.35. The Bertz CT molecular complexity index is 533. The van der Waals surface area contributed by atoms with Gasteiger partial charge >= 0.3 is 0 Å². The molecule has 1 rings (SSSR count). The molecule has 0 spiro atoms. The summed E-state index contributed by atoms with van der Waals surface area (Å²) in [7, 11) is 0. The van der Waals surface area contributed by atoms with E-state index < -0.39 is 0 Å². The largest absolute Gasteiger partial charge is 0.483 e. The Kier molecular flexibility index (Phi) is 6.47. The van der Waals surface area contributed by atoms with E-state index in [4.69, 9.17) is 21.6 Å². The second kappa shape index (κ2) is 7.87. The van der Waals surface area contributed by atoms with Crippen molar-refractivity contribution in [2.45, 2.75) is 32.9 Å². The Balaban J connectivity index is 2.71. The van der Waals surface area contributed by atoms with Crippen LogP contribution in [-0.4, -0.2) is 24.6 Å². The highest BCUT2D eigenvalue weighted by Crippen LogP contribution is 2.26. The first kappa shape index (κ1) is 17.3.